The van der Waals surface area contributed by atoms with Gasteiger partial charge in [-0.1, -0.05) is 19.3 Å². The number of aliphatic carboxylic acids is 1. The van der Waals surface area contributed by atoms with Gasteiger partial charge in [0.05, 0.1) is 6.04 Å². The Morgan fingerprint density at radius 2 is 2.00 bits per heavy atom. The summed E-state index contributed by atoms with van der Waals surface area (Å²) in [5.74, 6) is 0.818. The lowest BCUT2D eigenvalue weighted by Gasteiger charge is -2.28. The van der Waals surface area contributed by atoms with E-state index in [0.717, 1.165) is 32.1 Å². The van der Waals surface area contributed by atoms with Crippen LogP contribution in [0.4, 0.5) is 0 Å². The molecule has 0 aromatic heterocycles. The molecule has 5 nitrogen and oxygen atoms in total. The fraction of sp³-hybridized carbons (Fsp3) is 0.692. The van der Waals surface area contributed by atoms with Gasteiger partial charge in [-0.25, -0.2) is 4.79 Å². The fourth-order valence-corrected chi connectivity index (χ4v) is 2.33. The highest BCUT2D eigenvalue weighted by Gasteiger charge is 2.31. The minimum absolute atomic E-state index is 0.00163. The second-order valence-electron chi connectivity index (χ2n) is 4.74. The molecule has 0 spiro atoms. The maximum atomic E-state index is 11.7. The number of nitrogens with one attached hydrogen (secondary N) is 1. The molecule has 2 atom stereocenters. The number of hydrogen-bond acceptors (Lipinski definition) is 3. The van der Waals surface area contributed by atoms with Crippen molar-refractivity contribution in [3.8, 4) is 12.3 Å². The summed E-state index contributed by atoms with van der Waals surface area (Å²) in [5.41, 5.74) is 5.56. The zero-order valence-corrected chi connectivity index (χ0v) is 10.4. The Balaban J connectivity index is 2.60. The number of hydrogen-bond donors (Lipinski definition) is 3. The molecule has 1 rings (SSSR count). The van der Waals surface area contributed by atoms with Crippen molar-refractivity contribution in [3.05, 3.63) is 0 Å². The van der Waals surface area contributed by atoms with Crippen molar-refractivity contribution >= 4 is 11.9 Å². The summed E-state index contributed by atoms with van der Waals surface area (Å²) < 4.78 is 0. The van der Waals surface area contributed by atoms with E-state index < -0.39 is 24.0 Å². The molecule has 0 heterocycles. The van der Waals surface area contributed by atoms with Crippen LogP contribution in [-0.2, 0) is 9.59 Å². The Bertz CT molecular complexity index is 343. The third kappa shape index (κ3) is 4.04. The summed E-state index contributed by atoms with van der Waals surface area (Å²) in [5, 5.41) is 11.7. The van der Waals surface area contributed by atoms with Gasteiger partial charge in [-0.15, -0.1) is 12.3 Å². The predicted octanol–water partition coefficient (Wildman–Crippen LogP) is 0.487. The van der Waals surface area contributed by atoms with Gasteiger partial charge in [-0.05, 0) is 18.8 Å². The quantitative estimate of drug-likeness (QED) is 0.621. The highest BCUT2D eigenvalue weighted by Crippen LogP contribution is 2.26. The first-order valence-electron chi connectivity index (χ1n) is 6.28. The predicted molar refractivity (Wildman–Crippen MR) is 67.6 cm³/mol. The second-order valence-corrected chi connectivity index (χ2v) is 4.74. The maximum Gasteiger partial charge on any atom is 0.326 e. The number of carboxylic acid groups (broad SMARTS) is 1. The molecular formula is C13H20N2O3. The lowest BCUT2D eigenvalue weighted by Crippen LogP contribution is -2.51. The van der Waals surface area contributed by atoms with Gasteiger partial charge in [0.1, 0.15) is 6.04 Å². The third-order valence-corrected chi connectivity index (χ3v) is 3.36. The summed E-state index contributed by atoms with van der Waals surface area (Å²) in [6.45, 7) is 0. The van der Waals surface area contributed by atoms with Gasteiger partial charge in [0.2, 0.25) is 5.91 Å². The number of carbonyl (C=O) groups is 2. The number of rotatable bonds is 5. The van der Waals surface area contributed by atoms with Crippen molar-refractivity contribution in [2.75, 3.05) is 0 Å². The van der Waals surface area contributed by atoms with Gasteiger partial charge in [0, 0.05) is 6.42 Å². The minimum atomic E-state index is -0.997. The molecule has 2 unspecified atom stereocenters. The van der Waals surface area contributed by atoms with Crippen LogP contribution in [0.3, 0.4) is 0 Å². The highest BCUT2D eigenvalue weighted by molar-refractivity contribution is 5.87. The van der Waals surface area contributed by atoms with Crippen LogP contribution in [-0.4, -0.2) is 29.1 Å². The van der Waals surface area contributed by atoms with Crippen LogP contribution in [0.2, 0.25) is 0 Å². The minimum Gasteiger partial charge on any atom is -0.480 e. The van der Waals surface area contributed by atoms with Crippen LogP contribution in [0.15, 0.2) is 0 Å². The molecule has 1 amide bonds. The molecule has 18 heavy (non-hydrogen) atoms. The van der Waals surface area contributed by atoms with E-state index in [4.69, 9.17) is 12.2 Å². The molecule has 1 aliphatic rings. The molecule has 4 N–H and O–H groups in total. The number of carboxylic acids is 1. The smallest absolute Gasteiger partial charge is 0.326 e. The Kier molecular flexibility index (Phi) is 5.66. The van der Waals surface area contributed by atoms with Crippen LogP contribution < -0.4 is 11.1 Å². The van der Waals surface area contributed by atoms with Gasteiger partial charge in [0.15, 0.2) is 0 Å². The van der Waals surface area contributed by atoms with E-state index in [2.05, 4.69) is 11.2 Å². The lowest BCUT2D eigenvalue weighted by molar-refractivity contribution is -0.144. The van der Waals surface area contributed by atoms with E-state index in [0.29, 0.717) is 0 Å². The number of carbonyl (C=O) groups excluding carboxylic acids is 1. The highest BCUT2D eigenvalue weighted by atomic mass is 16.4. The van der Waals surface area contributed by atoms with Crippen LogP contribution in [0.5, 0.6) is 0 Å². The molecule has 1 fully saturated rings. The third-order valence-electron chi connectivity index (χ3n) is 3.36. The largest absolute Gasteiger partial charge is 0.480 e. The molecule has 1 saturated carbocycles. The summed E-state index contributed by atoms with van der Waals surface area (Å²) in [6, 6.07) is -1.68. The molecule has 100 valence electrons. The molecule has 0 aliphatic heterocycles. The van der Waals surface area contributed by atoms with Crippen molar-refractivity contribution in [1.29, 1.82) is 0 Å². The van der Waals surface area contributed by atoms with E-state index in [1.165, 1.54) is 0 Å². The van der Waals surface area contributed by atoms with Gasteiger partial charge < -0.3 is 16.2 Å². The van der Waals surface area contributed by atoms with Gasteiger partial charge >= 0.3 is 5.97 Å². The van der Waals surface area contributed by atoms with Crippen LogP contribution >= 0.6 is 0 Å². The maximum absolute atomic E-state index is 11.7. The Morgan fingerprint density at radius 3 is 2.50 bits per heavy atom. The standard InChI is InChI=1S/C13H20N2O3/c1-2-6-10(14)12(16)15-11(13(17)18)9-7-4-3-5-8-9/h1,9-11H,3-8,14H2,(H,15,16)(H,17,18). The van der Waals surface area contributed by atoms with E-state index >= 15 is 0 Å². The van der Waals surface area contributed by atoms with E-state index in [1.54, 1.807) is 0 Å². The molecular weight excluding hydrogens is 232 g/mol. The van der Waals surface area contributed by atoms with Crippen molar-refractivity contribution in [2.45, 2.75) is 50.6 Å². The van der Waals surface area contributed by atoms with Crippen molar-refractivity contribution in [3.63, 3.8) is 0 Å². The Hall–Kier alpha value is -1.54. The van der Waals surface area contributed by atoms with Crippen LogP contribution in [0.1, 0.15) is 38.5 Å². The van der Waals surface area contributed by atoms with Crippen molar-refractivity contribution in [1.82, 2.24) is 5.32 Å². The molecule has 0 aromatic carbocycles. The Labute approximate surface area is 107 Å². The number of terminal acetylenes is 1. The lowest BCUT2D eigenvalue weighted by atomic mass is 9.84. The normalized spacial score (nSPS) is 19.6. The molecule has 5 heteroatoms. The van der Waals surface area contributed by atoms with E-state index in [9.17, 15) is 14.7 Å². The first-order valence-corrected chi connectivity index (χ1v) is 6.28. The number of amides is 1. The summed E-state index contributed by atoms with van der Waals surface area (Å²) >= 11 is 0. The average molecular weight is 252 g/mol. The van der Waals surface area contributed by atoms with Crippen molar-refractivity contribution in [2.24, 2.45) is 11.7 Å². The topological polar surface area (TPSA) is 92.4 Å². The van der Waals surface area contributed by atoms with Crippen LogP contribution in [0.25, 0.3) is 0 Å². The van der Waals surface area contributed by atoms with Gasteiger partial charge in [-0.2, -0.15) is 0 Å². The molecule has 0 bridgehead atoms. The molecule has 1 aliphatic carbocycles. The second kappa shape index (κ2) is 7.02. The van der Waals surface area contributed by atoms with Crippen LogP contribution in [0, 0.1) is 18.3 Å². The monoisotopic (exact) mass is 252 g/mol. The first kappa shape index (κ1) is 14.5. The zero-order chi connectivity index (χ0) is 13.5. The first-order chi connectivity index (χ1) is 8.56. The summed E-state index contributed by atoms with van der Waals surface area (Å²) in [4.78, 5) is 22.9. The average Bonchev–Trinajstić information content (AvgIpc) is 2.36. The zero-order valence-electron chi connectivity index (χ0n) is 10.4. The van der Waals surface area contributed by atoms with Crippen molar-refractivity contribution < 1.29 is 14.7 Å². The van der Waals surface area contributed by atoms with Gasteiger partial charge in [0.25, 0.3) is 0 Å². The summed E-state index contributed by atoms with van der Waals surface area (Å²) in [6.07, 6.45) is 10.0. The molecule has 0 aromatic rings. The van der Waals surface area contributed by atoms with Gasteiger partial charge in [-0.3, -0.25) is 4.79 Å². The SMILES string of the molecule is C#CCC(N)C(=O)NC(C(=O)O)C1CCCCC1. The number of nitrogens with two attached hydrogens (primary N) is 1. The molecule has 0 radical (unpaired) electrons. The van der Waals surface area contributed by atoms with E-state index in [-0.39, 0.29) is 12.3 Å². The fourth-order valence-electron chi connectivity index (χ4n) is 2.33. The molecule has 0 saturated heterocycles. The Morgan fingerprint density at radius 1 is 1.39 bits per heavy atom. The van der Waals surface area contributed by atoms with E-state index in [1.807, 2.05) is 0 Å². The summed E-state index contributed by atoms with van der Waals surface area (Å²) in [7, 11) is 0.